The summed E-state index contributed by atoms with van der Waals surface area (Å²) in [7, 11) is 0. The molecule has 0 atom stereocenters. The molecule has 0 saturated carbocycles. The summed E-state index contributed by atoms with van der Waals surface area (Å²) in [6.45, 7) is 3.27. The molecular formula is C19H18N4O. The molecule has 2 aromatic carbocycles. The van der Waals surface area contributed by atoms with Gasteiger partial charge < -0.3 is 10.6 Å². The molecule has 5 heteroatoms. The number of hydrogen-bond acceptors (Lipinski definition) is 5. The molecule has 0 fully saturated rings. The van der Waals surface area contributed by atoms with Crippen LogP contribution in [0.1, 0.15) is 27.0 Å². The van der Waals surface area contributed by atoms with Gasteiger partial charge in [-0.3, -0.25) is 14.8 Å². The number of hydrogen-bond donors (Lipinski definition) is 2. The molecule has 2 N–H and O–H groups in total. The number of amidine groups is 2. The number of nitrogens with one attached hydrogen (secondary N) is 2. The topological polar surface area (TPSA) is 65.8 Å². The molecule has 0 amide bonds. The molecule has 0 aromatic heterocycles. The minimum atomic E-state index is 0.0101. The van der Waals surface area contributed by atoms with Crippen LogP contribution in [0.25, 0.3) is 0 Å². The lowest BCUT2D eigenvalue weighted by Crippen LogP contribution is -2.20. The first-order valence-electron chi connectivity index (χ1n) is 8.13. The van der Waals surface area contributed by atoms with Gasteiger partial charge in [-0.1, -0.05) is 36.4 Å². The fourth-order valence-corrected chi connectivity index (χ4v) is 2.96. The van der Waals surface area contributed by atoms with Crippen LogP contribution in [-0.4, -0.2) is 43.6 Å². The predicted molar refractivity (Wildman–Crippen MR) is 95.1 cm³/mol. The van der Waals surface area contributed by atoms with Gasteiger partial charge in [-0.2, -0.15) is 0 Å². The summed E-state index contributed by atoms with van der Waals surface area (Å²) in [5, 5.41) is 6.48. The lowest BCUT2D eigenvalue weighted by Gasteiger charge is -2.08. The fraction of sp³-hybridized carbons (Fsp3) is 0.211. The van der Waals surface area contributed by atoms with Gasteiger partial charge in [-0.25, -0.2) is 0 Å². The third-order valence-electron chi connectivity index (χ3n) is 4.14. The van der Waals surface area contributed by atoms with Crippen LogP contribution in [0.15, 0.2) is 58.5 Å². The monoisotopic (exact) mass is 318 g/mol. The molecule has 0 radical (unpaired) electrons. The summed E-state index contributed by atoms with van der Waals surface area (Å²) in [6.07, 6.45) is 0. The molecule has 0 spiro atoms. The van der Waals surface area contributed by atoms with Crippen molar-refractivity contribution in [3.8, 4) is 0 Å². The zero-order chi connectivity index (χ0) is 16.4. The highest BCUT2D eigenvalue weighted by Crippen LogP contribution is 2.15. The lowest BCUT2D eigenvalue weighted by molar-refractivity contribution is 0.103. The number of rotatable bonds is 4. The van der Waals surface area contributed by atoms with Gasteiger partial charge in [0, 0.05) is 35.3 Å². The molecule has 2 aliphatic rings. The standard InChI is InChI=1S/C19H18N4O/c24-17(13-3-1-5-15(11-13)18-20-7-8-21-18)14-4-2-6-16(12-14)19-22-9-10-23-19/h1-6,11-12H,7-10H2,(H,20,21)(H,22,23). The van der Waals surface area contributed by atoms with Gasteiger partial charge in [0.15, 0.2) is 5.78 Å². The van der Waals surface area contributed by atoms with Crippen LogP contribution < -0.4 is 10.6 Å². The van der Waals surface area contributed by atoms with E-state index in [2.05, 4.69) is 20.6 Å². The minimum Gasteiger partial charge on any atom is -0.368 e. The highest BCUT2D eigenvalue weighted by atomic mass is 16.1. The van der Waals surface area contributed by atoms with E-state index in [0.29, 0.717) is 11.1 Å². The Kier molecular flexibility index (Phi) is 3.83. The van der Waals surface area contributed by atoms with E-state index in [1.54, 1.807) is 0 Å². The predicted octanol–water partition coefficient (Wildman–Crippen LogP) is 1.62. The van der Waals surface area contributed by atoms with Crippen LogP contribution in [-0.2, 0) is 0 Å². The number of nitrogens with zero attached hydrogens (tertiary/aromatic N) is 2. The smallest absolute Gasteiger partial charge is 0.193 e. The van der Waals surface area contributed by atoms with Crippen molar-refractivity contribution < 1.29 is 4.79 Å². The third-order valence-corrected chi connectivity index (χ3v) is 4.14. The van der Waals surface area contributed by atoms with Crippen molar-refractivity contribution in [1.82, 2.24) is 10.6 Å². The van der Waals surface area contributed by atoms with Crippen LogP contribution >= 0.6 is 0 Å². The zero-order valence-corrected chi connectivity index (χ0v) is 13.2. The Morgan fingerprint density at radius 3 is 1.71 bits per heavy atom. The molecule has 2 heterocycles. The lowest BCUT2D eigenvalue weighted by atomic mass is 9.99. The van der Waals surface area contributed by atoms with Crippen molar-refractivity contribution in [2.24, 2.45) is 9.98 Å². The number of carbonyl (C=O) groups excluding carboxylic acids is 1. The molecule has 24 heavy (non-hydrogen) atoms. The van der Waals surface area contributed by atoms with Crippen LogP contribution in [0.5, 0.6) is 0 Å². The Morgan fingerprint density at radius 2 is 1.29 bits per heavy atom. The Hall–Kier alpha value is -2.95. The van der Waals surface area contributed by atoms with Gasteiger partial charge in [0.2, 0.25) is 0 Å². The third kappa shape index (κ3) is 2.80. The van der Waals surface area contributed by atoms with E-state index in [-0.39, 0.29) is 5.78 Å². The largest absolute Gasteiger partial charge is 0.368 e. The van der Waals surface area contributed by atoms with E-state index < -0.39 is 0 Å². The van der Waals surface area contributed by atoms with Crippen LogP contribution in [0.4, 0.5) is 0 Å². The van der Waals surface area contributed by atoms with Crippen LogP contribution in [0.3, 0.4) is 0 Å². The maximum Gasteiger partial charge on any atom is 0.193 e. The molecule has 0 unspecified atom stereocenters. The normalized spacial score (nSPS) is 16.2. The maximum atomic E-state index is 12.9. The first-order valence-corrected chi connectivity index (χ1v) is 8.13. The Labute approximate surface area is 140 Å². The summed E-state index contributed by atoms with van der Waals surface area (Å²) in [6, 6.07) is 15.2. The number of ketones is 1. The van der Waals surface area contributed by atoms with Gasteiger partial charge in [0.1, 0.15) is 11.7 Å². The summed E-state index contributed by atoms with van der Waals surface area (Å²) in [5.41, 5.74) is 3.25. The fourth-order valence-electron chi connectivity index (χ4n) is 2.96. The second-order valence-electron chi connectivity index (χ2n) is 5.80. The minimum absolute atomic E-state index is 0.0101. The van der Waals surface area contributed by atoms with E-state index in [1.807, 2.05) is 48.5 Å². The first kappa shape index (κ1) is 14.6. The van der Waals surface area contributed by atoms with E-state index >= 15 is 0 Å². The van der Waals surface area contributed by atoms with Crippen molar-refractivity contribution in [3.63, 3.8) is 0 Å². The van der Waals surface area contributed by atoms with Crippen molar-refractivity contribution in [2.45, 2.75) is 0 Å². The number of carbonyl (C=O) groups is 1. The molecule has 0 bridgehead atoms. The molecule has 0 saturated heterocycles. The van der Waals surface area contributed by atoms with Crippen LogP contribution in [0.2, 0.25) is 0 Å². The Morgan fingerprint density at radius 1 is 0.792 bits per heavy atom. The number of aliphatic imine (C=N–C) groups is 2. The van der Waals surface area contributed by atoms with Gasteiger partial charge in [0.05, 0.1) is 13.1 Å². The molecule has 2 aliphatic heterocycles. The molecule has 120 valence electrons. The summed E-state index contributed by atoms with van der Waals surface area (Å²) in [4.78, 5) is 21.7. The summed E-state index contributed by atoms with van der Waals surface area (Å²) in [5.74, 6) is 1.74. The van der Waals surface area contributed by atoms with Crippen molar-refractivity contribution in [3.05, 3.63) is 70.8 Å². The van der Waals surface area contributed by atoms with Crippen molar-refractivity contribution in [1.29, 1.82) is 0 Å². The molecule has 0 aliphatic carbocycles. The highest BCUT2D eigenvalue weighted by molar-refractivity contribution is 6.12. The van der Waals surface area contributed by atoms with E-state index in [0.717, 1.165) is 49.0 Å². The van der Waals surface area contributed by atoms with E-state index in [9.17, 15) is 4.79 Å². The molecule has 5 nitrogen and oxygen atoms in total. The summed E-state index contributed by atoms with van der Waals surface area (Å²) >= 11 is 0. The van der Waals surface area contributed by atoms with Gasteiger partial charge in [-0.05, 0) is 12.1 Å². The Bertz CT molecular complexity index is 784. The summed E-state index contributed by atoms with van der Waals surface area (Å²) < 4.78 is 0. The van der Waals surface area contributed by atoms with Crippen LogP contribution in [0, 0.1) is 0 Å². The quantitative estimate of drug-likeness (QED) is 0.842. The second kappa shape index (κ2) is 6.28. The van der Waals surface area contributed by atoms with Crippen molar-refractivity contribution in [2.75, 3.05) is 26.2 Å². The Balaban J connectivity index is 1.64. The van der Waals surface area contributed by atoms with E-state index in [1.165, 1.54) is 0 Å². The first-order chi connectivity index (χ1) is 11.8. The van der Waals surface area contributed by atoms with Crippen molar-refractivity contribution >= 4 is 17.5 Å². The van der Waals surface area contributed by atoms with E-state index in [4.69, 9.17) is 0 Å². The molecule has 2 aromatic rings. The average molecular weight is 318 g/mol. The second-order valence-corrected chi connectivity index (χ2v) is 5.80. The average Bonchev–Trinajstić information content (AvgIpc) is 3.35. The van der Waals surface area contributed by atoms with Gasteiger partial charge in [-0.15, -0.1) is 0 Å². The number of benzene rings is 2. The highest BCUT2D eigenvalue weighted by Gasteiger charge is 2.15. The van der Waals surface area contributed by atoms with Gasteiger partial charge in [0.25, 0.3) is 0 Å². The molecule has 4 rings (SSSR count). The maximum absolute atomic E-state index is 12.9. The zero-order valence-electron chi connectivity index (χ0n) is 13.2. The SMILES string of the molecule is O=C(c1cccc(C2=NCCN2)c1)c1cccc(C2=NCCN2)c1. The molecular weight excluding hydrogens is 300 g/mol. The van der Waals surface area contributed by atoms with Gasteiger partial charge >= 0.3 is 0 Å².